The molecule has 0 unspecified atom stereocenters. The second-order valence-electron chi connectivity index (χ2n) is 9.64. The van der Waals surface area contributed by atoms with E-state index in [1.54, 1.807) is 55.7 Å². The van der Waals surface area contributed by atoms with Crippen LogP contribution in [0.4, 0.5) is 5.69 Å². The Morgan fingerprint density at radius 2 is 1.82 bits per heavy atom. The zero-order valence-electron chi connectivity index (χ0n) is 21.5. The van der Waals surface area contributed by atoms with Crippen LogP contribution in [0.5, 0.6) is 5.75 Å². The highest BCUT2D eigenvalue weighted by molar-refractivity contribution is 5.91. The van der Waals surface area contributed by atoms with Crippen LogP contribution in [0, 0.1) is 6.92 Å². The van der Waals surface area contributed by atoms with Crippen LogP contribution >= 0.6 is 0 Å². The summed E-state index contributed by atoms with van der Waals surface area (Å²) in [7, 11) is 0. The highest BCUT2D eigenvalue weighted by Crippen LogP contribution is 2.30. The predicted octanol–water partition coefficient (Wildman–Crippen LogP) is 1.19. The summed E-state index contributed by atoms with van der Waals surface area (Å²) in [5.41, 5.74) is 2.49. The molecule has 1 aliphatic heterocycles. The van der Waals surface area contributed by atoms with Gasteiger partial charge in [0.15, 0.2) is 0 Å². The van der Waals surface area contributed by atoms with E-state index in [4.69, 9.17) is 9.47 Å². The number of aromatic nitrogens is 2. The molecule has 2 aromatic heterocycles. The third-order valence-electron chi connectivity index (χ3n) is 6.84. The summed E-state index contributed by atoms with van der Waals surface area (Å²) in [6.07, 6.45) is -2.21. The van der Waals surface area contributed by atoms with Gasteiger partial charge in [0, 0.05) is 17.8 Å². The Bertz CT molecular complexity index is 1570. The summed E-state index contributed by atoms with van der Waals surface area (Å²) in [5.74, 6) is 0.0204. The van der Waals surface area contributed by atoms with Crippen molar-refractivity contribution in [2.24, 2.45) is 0 Å². The van der Waals surface area contributed by atoms with E-state index < -0.39 is 37.3 Å². The van der Waals surface area contributed by atoms with Gasteiger partial charge in [0.2, 0.25) is 12.2 Å². The van der Waals surface area contributed by atoms with Crippen molar-refractivity contribution in [2.45, 2.75) is 44.2 Å². The van der Waals surface area contributed by atoms with Gasteiger partial charge in [-0.25, -0.2) is 0 Å². The van der Waals surface area contributed by atoms with Gasteiger partial charge in [-0.1, -0.05) is 18.2 Å². The van der Waals surface area contributed by atoms with E-state index in [0.29, 0.717) is 22.4 Å². The molecule has 11 heteroatoms. The van der Waals surface area contributed by atoms with E-state index in [1.165, 1.54) is 10.8 Å². The third-order valence-corrected chi connectivity index (χ3v) is 6.84. The van der Waals surface area contributed by atoms with Crippen molar-refractivity contribution in [2.75, 3.05) is 11.9 Å². The first kappa shape index (κ1) is 27.4. The first-order valence-electron chi connectivity index (χ1n) is 12.7. The van der Waals surface area contributed by atoms with Crippen molar-refractivity contribution in [1.29, 1.82) is 0 Å². The molecule has 1 aliphatic rings. The van der Waals surface area contributed by atoms with E-state index in [-0.39, 0.29) is 18.0 Å². The van der Waals surface area contributed by atoms with Crippen molar-refractivity contribution < 1.29 is 34.7 Å². The molecular weight excluding hydrogens is 518 g/mol. The minimum absolute atomic E-state index is 0.156. The van der Waals surface area contributed by atoms with Crippen molar-refractivity contribution in [3.63, 3.8) is 0 Å². The fourth-order valence-electron chi connectivity index (χ4n) is 4.63. The lowest BCUT2D eigenvalue weighted by molar-refractivity contribution is -0.277. The molecular formula is C29H29N3O8. The number of ether oxygens (including phenoxy) is 2. The normalized spacial score (nSPS) is 22.7. The number of nitrogens with one attached hydrogen (secondary N) is 1. The number of hydrogen-bond acceptors (Lipinski definition) is 9. The summed E-state index contributed by atoms with van der Waals surface area (Å²) in [5, 5.41) is 43.6. The van der Waals surface area contributed by atoms with Crippen LogP contribution < -0.4 is 15.6 Å². The number of pyridine rings is 2. The summed E-state index contributed by atoms with van der Waals surface area (Å²) < 4.78 is 12.6. The maximum Gasteiger partial charge on any atom is 0.258 e. The van der Waals surface area contributed by atoms with Crippen LogP contribution in [0.3, 0.4) is 0 Å². The topological polar surface area (TPSA) is 163 Å². The second kappa shape index (κ2) is 11.5. The molecule has 0 saturated carbocycles. The van der Waals surface area contributed by atoms with Crippen molar-refractivity contribution in [3.8, 4) is 16.9 Å². The zero-order valence-corrected chi connectivity index (χ0v) is 21.5. The van der Waals surface area contributed by atoms with Crippen LogP contribution in [0.15, 0.2) is 78.0 Å². The summed E-state index contributed by atoms with van der Waals surface area (Å²) >= 11 is 0. The van der Waals surface area contributed by atoms with Gasteiger partial charge in [-0.05, 0) is 65.4 Å². The second-order valence-corrected chi connectivity index (χ2v) is 9.64. The summed E-state index contributed by atoms with van der Waals surface area (Å²) in [6, 6.07) is 16.0. The van der Waals surface area contributed by atoms with E-state index >= 15 is 0 Å². The van der Waals surface area contributed by atoms with E-state index in [1.807, 2.05) is 18.2 Å². The van der Waals surface area contributed by atoms with Gasteiger partial charge in [-0.3, -0.25) is 14.6 Å². The van der Waals surface area contributed by atoms with Crippen molar-refractivity contribution in [3.05, 3.63) is 89.1 Å². The molecule has 0 bridgehead atoms. The lowest BCUT2D eigenvalue weighted by atomic mass is 9.99. The number of aryl methyl sites for hydroxylation is 1. The molecule has 2 aromatic carbocycles. The number of carbonyl (C=O) groups excluding carboxylic acids is 1. The number of nitrogens with zero attached hydrogens (tertiary/aromatic N) is 2. The molecule has 4 aromatic rings. The van der Waals surface area contributed by atoms with Crippen LogP contribution in [-0.4, -0.2) is 73.2 Å². The Hall–Kier alpha value is -4.13. The van der Waals surface area contributed by atoms with E-state index in [2.05, 4.69) is 10.3 Å². The molecule has 0 aliphatic carbocycles. The maximum atomic E-state index is 13.2. The Kier molecular flexibility index (Phi) is 7.92. The zero-order chi connectivity index (χ0) is 28.4. The predicted molar refractivity (Wildman–Crippen MR) is 146 cm³/mol. The van der Waals surface area contributed by atoms with E-state index in [0.717, 1.165) is 16.5 Å². The van der Waals surface area contributed by atoms with Gasteiger partial charge >= 0.3 is 0 Å². The minimum Gasteiger partial charge on any atom is -0.462 e. The van der Waals surface area contributed by atoms with Gasteiger partial charge < -0.3 is 39.8 Å². The van der Waals surface area contributed by atoms with Crippen LogP contribution in [0.1, 0.15) is 5.56 Å². The van der Waals surface area contributed by atoms with Crippen LogP contribution in [0.25, 0.3) is 21.9 Å². The number of benzene rings is 2. The highest BCUT2D eigenvalue weighted by atomic mass is 16.7. The molecule has 1 saturated heterocycles. The monoisotopic (exact) mass is 547 g/mol. The number of anilines is 1. The fourth-order valence-corrected chi connectivity index (χ4v) is 4.63. The van der Waals surface area contributed by atoms with Gasteiger partial charge in [-0.15, -0.1) is 0 Å². The molecule has 5 atom stereocenters. The quantitative estimate of drug-likeness (QED) is 0.229. The molecule has 5 N–H and O–H groups in total. The number of aliphatic hydroxyl groups excluding tert-OH is 4. The summed E-state index contributed by atoms with van der Waals surface area (Å²) in [6.45, 7) is 1.08. The summed E-state index contributed by atoms with van der Waals surface area (Å²) in [4.78, 5) is 29.7. The number of fused-ring (bicyclic) bond motifs is 1. The number of amides is 1. The molecule has 208 valence electrons. The Morgan fingerprint density at radius 3 is 2.55 bits per heavy atom. The Balaban J connectivity index is 1.36. The molecule has 3 heterocycles. The Morgan fingerprint density at radius 1 is 1.05 bits per heavy atom. The van der Waals surface area contributed by atoms with E-state index in [9.17, 15) is 30.0 Å². The largest absolute Gasteiger partial charge is 0.462 e. The number of aliphatic hydroxyl groups is 4. The van der Waals surface area contributed by atoms with Gasteiger partial charge in [0.05, 0.1) is 18.5 Å². The third kappa shape index (κ3) is 5.60. The number of hydrogen-bond donors (Lipinski definition) is 5. The number of rotatable bonds is 7. The first-order chi connectivity index (χ1) is 19.2. The average Bonchev–Trinajstić information content (AvgIpc) is 2.96. The SMILES string of the molecule is Cc1cc(-c2ccc3ccn(CC(=O)Nc4cccnc4)c(=O)c3c2)ccc1O[C@H]1O[C@@H](CO)[C@@H](O)[C@H](O)[C@H]1O. The molecule has 0 radical (unpaired) electrons. The maximum absolute atomic E-state index is 13.2. The molecule has 40 heavy (non-hydrogen) atoms. The van der Waals surface area contributed by atoms with Crippen LogP contribution in [-0.2, 0) is 16.1 Å². The molecule has 0 spiro atoms. The lowest BCUT2D eigenvalue weighted by Crippen LogP contribution is -2.60. The molecule has 1 fully saturated rings. The smallest absolute Gasteiger partial charge is 0.258 e. The fraction of sp³-hybridized carbons (Fsp3) is 0.276. The minimum atomic E-state index is -1.54. The number of carbonyl (C=O) groups is 1. The van der Waals surface area contributed by atoms with Gasteiger partial charge in [-0.2, -0.15) is 0 Å². The molecule has 11 nitrogen and oxygen atoms in total. The highest BCUT2D eigenvalue weighted by Gasteiger charge is 2.44. The molecule has 5 rings (SSSR count). The van der Waals surface area contributed by atoms with Crippen molar-refractivity contribution >= 4 is 22.4 Å². The lowest BCUT2D eigenvalue weighted by Gasteiger charge is -2.39. The Labute approximate surface area is 228 Å². The van der Waals surface area contributed by atoms with Gasteiger partial charge in [0.1, 0.15) is 36.7 Å². The standard InChI is InChI=1S/C29H29N3O8/c1-16-11-18(6-7-22(16)39-29-27(37)26(36)25(35)23(15-33)40-29)19-5-4-17-8-10-32(28(38)21(17)12-19)14-24(34)31-20-3-2-9-30-13-20/h2-13,23,25-27,29,33,35-37H,14-15H2,1H3,(H,31,34)/t23-,25+,26-,27+,29-/m0/s1. The average molecular weight is 548 g/mol. The van der Waals surface area contributed by atoms with Gasteiger partial charge in [0.25, 0.3) is 5.56 Å². The van der Waals surface area contributed by atoms with Crippen molar-refractivity contribution in [1.82, 2.24) is 9.55 Å². The first-order valence-corrected chi connectivity index (χ1v) is 12.7. The molecule has 1 amide bonds. The van der Waals surface area contributed by atoms with Crippen LogP contribution in [0.2, 0.25) is 0 Å².